The second-order valence-electron chi connectivity index (χ2n) is 6.95. The summed E-state index contributed by atoms with van der Waals surface area (Å²) in [6, 6.07) is 6.51. The van der Waals surface area contributed by atoms with Crippen LogP contribution in [0.3, 0.4) is 0 Å². The van der Waals surface area contributed by atoms with E-state index in [-0.39, 0.29) is 12.5 Å². The molecule has 1 aromatic rings. The second-order valence-corrected chi connectivity index (χ2v) is 6.95. The van der Waals surface area contributed by atoms with Crippen molar-refractivity contribution >= 4 is 5.91 Å². The Morgan fingerprint density at radius 1 is 1.24 bits per heavy atom. The van der Waals surface area contributed by atoms with Crippen LogP contribution in [0.5, 0.6) is 11.5 Å². The lowest BCUT2D eigenvalue weighted by Crippen LogP contribution is -2.48. The third-order valence-electron chi connectivity index (χ3n) is 4.90. The van der Waals surface area contributed by atoms with Gasteiger partial charge < -0.3 is 19.7 Å². The molecule has 0 saturated carbocycles. The van der Waals surface area contributed by atoms with Crippen molar-refractivity contribution in [3.05, 3.63) is 23.8 Å². The molecule has 1 aromatic carbocycles. The maximum absolute atomic E-state index is 12.1. The molecule has 0 aliphatic carbocycles. The van der Waals surface area contributed by atoms with Gasteiger partial charge in [-0.2, -0.15) is 0 Å². The van der Waals surface area contributed by atoms with Crippen molar-refractivity contribution < 1.29 is 14.3 Å². The first kappa shape index (κ1) is 18.0. The number of ether oxygens (including phenoxy) is 2. The van der Waals surface area contributed by atoms with Gasteiger partial charge in [-0.05, 0) is 37.5 Å². The van der Waals surface area contributed by atoms with E-state index in [9.17, 15) is 4.79 Å². The molecular weight excluding hydrogens is 318 g/mol. The van der Waals surface area contributed by atoms with Gasteiger partial charge in [-0.15, -0.1) is 0 Å². The molecule has 0 spiro atoms. The third-order valence-corrected chi connectivity index (χ3v) is 4.90. The van der Waals surface area contributed by atoms with Crippen LogP contribution in [0.4, 0.5) is 0 Å². The predicted molar refractivity (Wildman–Crippen MR) is 97.0 cm³/mol. The number of carbonyl (C=O) groups is 1. The Kier molecular flexibility index (Phi) is 6.15. The minimum Gasteiger partial charge on any atom is -0.493 e. The number of benzene rings is 1. The molecule has 6 heteroatoms. The van der Waals surface area contributed by atoms with Gasteiger partial charge >= 0.3 is 0 Å². The minimum absolute atomic E-state index is 0.0541. The van der Waals surface area contributed by atoms with E-state index in [1.54, 1.807) is 7.11 Å². The van der Waals surface area contributed by atoms with E-state index < -0.39 is 0 Å². The Morgan fingerprint density at radius 3 is 2.76 bits per heavy atom. The van der Waals surface area contributed by atoms with Crippen molar-refractivity contribution in [3.8, 4) is 11.5 Å². The van der Waals surface area contributed by atoms with E-state index in [2.05, 4.69) is 23.2 Å². The number of rotatable bonds is 6. The lowest BCUT2D eigenvalue weighted by Gasteiger charge is -2.31. The number of piperazine rings is 1. The monoisotopic (exact) mass is 347 g/mol. The van der Waals surface area contributed by atoms with Crippen LogP contribution in [0.2, 0.25) is 0 Å². The standard InChI is InChI=1S/C19H29N3O3/c1-15-12-21(10-7-20-15)13-16-5-6-17(18(11-16)24-2)25-14-19(23)22-8-3-4-9-22/h5-6,11,15,20H,3-4,7-10,12-14H2,1-2H3/t15-/m0/s1. The zero-order valence-electron chi connectivity index (χ0n) is 15.3. The summed E-state index contributed by atoms with van der Waals surface area (Å²) in [6.45, 7) is 8.00. The molecule has 1 atom stereocenters. The molecule has 25 heavy (non-hydrogen) atoms. The van der Waals surface area contributed by atoms with Gasteiger partial charge in [0.05, 0.1) is 7.11 Å². The number of likely N-dealkylation sites (tertiary alicyclic amines) is 1. The minimum atomic E-state index is 0.0541. The molecule has 2 aliphatic heterocycles. The first-order chi connectivity index (χ1) is 12.2. The molecule has 2 fully saturated rings. The molecule has 2 aliphatic rings. The van der Waals surface area contributed by atoms with Gasteiger partial charge in [0, 0.05) is 45.3 Å². The van der Waals surface area contributed by atoms with Crippen LogP contribution in [-0.4, -0.2) is 68.2 Å². The number of hydrogen-bond acceptors (Lipinski definition) is 5. The van der Waals surface area contributed by atoms with Crippen LogP contribution < -0.4 is 14.8 Å². The number of nitrogens with zero attached hydrogens (tertiary/aromatic N) is 2. The van der Waals surface area contributed by atoms with Crippen molar-refractivity contribution in [2.45, 2.75) is 32.4 Å². The van der Waals surface area contributed by atoms with Crippen molar-refractivity contribution in [2.24, 2.45) is 0 Å². The molecule has 6 nitrogen and oxygen atoms in total. The lowest BCUT2D eigenvalue weighted by molar-refractivity contribution is -0.132. The number of carbonyl (C=O) groups excluding carboxylic acids is 1. The van der Waals surface area contributed by atoms with Crippen LogP contribution in [0, 0.1) is 0 Å². The quantitative estimate of drug-likeness (QED) is 0.845. The van der Waals surface area contributed by atoms with E-state index >= 15 is 0 Å². The number of methoxy groups -OCH3 is 1. The second kappa shape index (κ2) is 8.54. The van der Waals surface area contributed by atoms with Crippen LogP contribution in [0.15, 0.2) is 18.2 Å². The van der Waals surface area contributed by atoms with Crippen LogP contribution in [-0.2, 0) is 11.3 Å². The summed E-state index contributed by atoms with van der Waals surface area (Å²) in [4.78, 5) is 16.4. The maximum Gasteiger partial charge on any atom is 0.260 e. The Bertz CT molecular complexity index is 587. The molecule has 3 rings (SSSR count). The zero-order chi connectivity index (χ0) is 17.6. The Labute approximate surface area is 150 Å². The van der Waals surface area contributed by atoms with Gasteiger partial charge in [0.2, 0.25) is 0 Å². The summed E-state index contributed by atoms with van der Waals surface area (Å²) in [5.74, 6) is 1.38. The molecule has 2 heterocycles. The summed E-state index contributed by atoms with van der Waals surface area (Å²) in [7, 11) is 1.64. The summed E-state index contributed by atoms with van der Waals surface area (Å²) < 4.78 is 11.2. The average Bonchev–Trinajstić information content (AvgIpc) is 3.15. The normalized spacial score (nSPS) is 21.4. The number of amides is 1. The Balaban J connectivity index is 1.58. The van der Waals surface area contributed by atoms with E-state index in [1.165, 1.54) is 5.56 Å². The highest BCUT2D eigenvalue weighted by molar-refractivity contribution is 5.78. The summed E-state index contributed by atoms with van der Waals surface area (Å²) in [5, 5.41) is 3.46. The van der Waals surface area contributed by atoms with Gasteiger partial charge in [0.15, 0.2) is 18.1 Å². The molecule has 0 unspecified atom stereocenters. The van der Waals surface area contributed by atoms with E-state index in [1.807, 2.05) is 17.0 Å². The molecule has 0 bridgehead atoms. The summed E-state index contributed by atoms with van der Waals surface area (Å²) >= 11 is 0. The molecule has 1 N–H and O–H groups in total. The zero-order valence-corrected chi connectivity index (χ0v) is 15.3. The molecule has 138 valence electrons. The van der Waals surface area contributed by atoms with E-state index in [0.717, 1.165) is 52.1 Å². The van der Waals surface area contributed by atoms with Gasteiger partial charge in [-0.1, -0.05) is 6.07 Å². The molecular formula is C19H29N3O3. The fourth-order valence-corrected chi connectivity index (χ4v) is 3.54. The third kappa shape index (κ3) is 4.86. The van der Waals surface area contributed by atoms with Crippen molar-refractivity contribution in [1.82, 2.24) is 15.1 Å². The lowest BCUT2D eigenvalue weighted by atomic mass is 10.1. The first-order valence-electron chi connectivity index (χ1n) is 9.19. The van der Waals surface area contributed by atoms with Crippen molar-refractivity contribution in [2.75, 3.05) is 46.4 Å². The summed E-state index contributed by atoms with van der Waals surface area (Å²) in [5.41, 5.74) is 1.20. The average molecular weight is 347 g/mol. The van der Waals surface area contributed by atoms with Crippen molar-refractivity contribution in [3.63, 3.8) is 0 Å². The highest BCUT2D eigenvalue weighted by atomic mass is 16.5. The highest BCUT2D eigenvalue weighted by Crippen LogP contribution is 2.29. The van der Waals surface area contributed by atoms with Gasteiger partial charge in [-0.3, -0.25) is 9.69 Å². The fourth-order valence-electron chi connectivity index (χ4n) is 3.54. The Morgan fingerprint density at radius 2 is 2.04 bits per heavy atom. The van der Waals surface area contributed by atoms with Gasteiger partial charge in [-0.25, -0.2) is 0 Å². The van der Waals surface area contributed by atoms with E-state index in [4.69, 9.17) is 9.47 Å². The molecule has 0 radical (unpaired) electrons. The molecule has 0 aromatic heterocycles. The predicted octanol–water partition coefficient (Wildman–Crippen LogP) is 1.49. The number of nitrogens with one attached hydrogen (secondary N) is 1. The van der Waals surface area contributed by atoms with Crippen molar-refractivity contribution in [1.29, 1.82) is 0 Å². The molecule has 2 saturated heterocycles. The van der Waals surface area contributed by atoms with Crippen LogP contribution >= 0.6 is 0 Å². The number of hydrogen-bond donors (Lipinski definition) is 1. The molecule has 1 amide bonds. The smallest absolute Gasteiger partial charge is 0.260 e. The van der Waals surface area contributed by atoms with Gasteiger partial charge in [0.25, 0.3) is 5.91 Å². The van der Waals surface area contributed by atoms with E-state index in [0.29, 0.717) is 17.5 Å². The summed E-state index contributed by atoms with van der Waals surface area (Å²) in [6.07, 6.45) is 2.18. The van der Waals surface area contributed by atoms with Crippen LogP contribution in [0.1, 0.15) is 25.3 Å². The van der Waals surface area contributed by atoms with Crippen LogP contribution in [0.25, 0.3) is 0 Å². The largest absolute Gasteiger partial charge is 0.493 e. The Hall–Kier alpha value is -1.79. The van der Waals surface area contributed by atoms with Gasteiger partial charge in [0.1, 0.15) is 0 Å². The first-order valence-corrected chi connectivity index (χ1v) is 9.19. The SMILES string of the molecule is COc1cc(CN2CCN[C@@H](C)C2)ccc1OCC(=O)N1CCCC1. The maximum atomic E-state index is 12.1. The highest BCUT2D eigenvalue weighted by Gasteiger charge is 2.19. The fraction of sp³-hybridized carbons (Fsp3) is 0.632. The topological polar surface area (TPSA) is 54.0 Å².